The highest BCUT2D eigenvalue weighted by molar-refractivity contribution is 7.92. The molecule has 0 fully saturated rings. The predicted octanol–water partition coefficient (Wildman–Crippen LogP) is 8.36. The average molecular weight is 779 g/mol. The number of rotatable bonds is 19. The fourth-order valence-electron chi connectivity index (χ4n) is 6.46. The first kappa shape index (κ1) is 41.4. The van der Waals surface area contributed by atoms with Crippen molar-refractivity contribution in [3.8, 4) is 11.5 Å². The molecule has 1 atom stereocenters. The van der Waals surface area contributed by atoms with Gasteiger partial charge < -0.3 is 14.5 Å². The Morgan fingerprint density at radius 1 is 0.904 bits per heavy atom. The lowest BCUT2D eigenvalue weighted by Gasteiger charge is -2.33. The molecule has 52 heavy (non-hydrogen) atoms. The topological polar surface area (TPSA) is 157 Å². The predicted molar refractivity (Wildman–Crippen MR) is 207 cm³/mol. The number of nitrogens with zero attached hydrogens (tertiary/aromatic N) is 3. The maximum Gasteiger partial charge on any atom is 0.265 e. The summed E-state index contributed by atoms with van der Waals surface area (Å²) in [5.74, 6) is 0.408. The Morgan fingerprint density at radius 2 is 1.56 bits per heavy atom. The standard InChI is InChI=1S/C37H55ClN6O6S2/c1-10-11-12-13-14-15-20-50-30-19-17-28(43-52(47,48)31-21-27(16-18-29(31)49-9)37(7,8)24-36(4,5)6)22-32(30)51(45,46)39-23-25(2)34-40-35-33(38)26(3)41-44(35)42-34/h16-19,21-22,25,39,43H,10-15,20,23-24H2,1-9H3,(H,40,42). The molecule has 4 aromatic rings. The Balaban J connectivity index is 1.62. The molecule has 1 unspecified atom stereocenters. The summed E-state index contributed by atoms with van der Waals surface area (Å²) in [5, 5.41) is 9.12. The highest BCUT2D eigenvalue weighted by Gasteiger charge is 2.31. The molecule has 3 N–H and O–H groups in total. The molecule has 0 aliphatic heterocycles. The smallest absolute Gasteiger partial charge is 0.265 e. The first-order chi connectivity index (χ1) is 24.3. The number of sulfonamides is 2. The van der Waals surface area contributed by atoms with Gasteiger partial charge in [-0.25, -0.2) is 21.6 Å². The Bertz CT molecular complexity index is 2050. The van der Waals surface area contributed by atoms with Crippen LogP contribution >= 0.6 is 11.6 Å². The van der Waals surface area contributed by atoms with Crippen LogP contribution in [0.25, 0.3) is 5.65 Å². The lowest BCUT2D eigenvalue weighted by molar-refractivity contribution is 0.283. The maximum absolute atomic E-state index is 14.0. The number of aromatic amines is 1. The fourth-order valence-corrected chi connectivity index (χ4v) is 9.17. The van der Waals surface area contributed by atoms with Crippen LogP contribution in [0.4, 0.5) is 5.69 Å². The molecule has 4 rings (SSSR count). The van der Waals surface area contributed by atoms with Crippen molar-refractivity contribution in [3.05, 3.63) is 58.5 Å². The van der Waals surface area contributed by atoms with Crippen LogP contribution in [0.5, 0.6) is 11.5 Å². The van der Waals surface area contributed by atoms with E-state index in [4.69, 9.17) is 21.1 Å². The van der Waals surface area contributed by atoms with Crippen LogP contribution < -0.4 is 18.9 Å². The summed E-state index contributed by atoms with van der Waals surface area (Å²) in [5.41, 5.74) is 1.71. The SMILES string of the molecule is CCCCCCCCOc1ccc(NS(=O)(=O)c2cc(C(C)(C)CC(C)(C)C)ccc2OC)cc1S(=O)(=O)NCC(C)c1nn2nc(C)c(Cl)c2[nH]1. The van der Waals surface area contributed by atoms with E-state index in [-0.39, 0.29) is 50.3 Å². The third kappa shape index (κ3) is 10.4. The second-order valence-corrected chi connectivity index (χ2v) is 19.1. The lowest BCUT2D eigenvalue weighted by atomic mass is 9.72. The summed E-state index contributed by atoms with van der Waals surface area (Å²) in [7, 11) is -7.02. The van der Waals surface area contributed by atoms with Gasteiger partial charge >= 0.3 is 0 Å². The van der Waals surface area contributed by atoms with Crippen LogP contribution in [0.15, 0.2) is 46.2 Å². The van der Waals surface area contributed by atoms with E-state index in [1.807, 2.05) is 13.0 Å². The first-order valence-corrected chi connectivity index (χ1v) is 21.2. The second kappa shape index (κ2) is 16.8. The number of fused-ring (bicyclic) bond motifs is 1. The zero-order valence-corrected chi connectivity index (χ0v) is 34.3. The number of anilines is 1. The van der Waals surface area contributed by atoms with Crippen molar-refractivity contribution in [1.82, 2.24) is 24.5 Å². The minimum atomic E-state index is -4.23. The number of H-pyrrole nitrogens is 1. The van der Waals surface area contributed by atoms with Crippen molar-refractivity contribution in [2.24, 2.45) is 5.41 Å². The van der Waals surface area contributed by atoms with E-state index in [0.717, 1.165) is 44.1 Å². The number of aryl methyl sites for hydroxylation is 1. The second-order valence-electron chi connectivity index (χ2n) is 15.4. The van der Waals surface area contributed by atoms with Crippen molar-refractivity contribution in [1.29, 1.82) is 0 Å². The number of hydrogen-bond acceptors (Lipinski definition) is 8. The van der Waals surface area contributed by atoms with Gasteiger partial charge in [-0.2, -0.15) is 5.10 Å². The largest absolute Gasteiger partial charge is 0.495 e. The van der Waals surface area contributed by atoms with Crippen LogP contribution in [-0.4, -0.2) is 56.9 Å². The zero-order valence-electron chi connectivity index (χ0n) is 31.9. The molecule has 0 aliphatic rings. The third-order valence-corrected chi connectivity index (χ3v) is 12.2. The quantitative estimate of drug-likeness (QED) is 0.0802. The summed E-state index contributed by atoms with van der Waals surface area (Å²) in [6.45, 7) is 16.6. The highest BCUT2D eigenvalue weighted by Crippen LogP contribution is 2.39. The van der Waals surface area contributed by atoms with Gasteiger partial charge in [0, 0.05) is 12.5 Å². The first-order valence-electron chi connectivity index (χ1n) is 17.9. The molecule has 0 saturated heterocycles. The monoisotopic (exact) mass is 778 g/mol. The molecular formula is C37H55ClN6O6S2. The van der Waals surface area contributed by atoms with Crippen molar-refractivity contribution in [2.45, 2.75) is 121 Å². The number of hydrogen-bond donors (Lipinski definition) is 3. The average Bonchev–Trinajstić information content (AvgIpc) is 3.59. The molecule has 2 aromatic heterocycles. The summed E-state index contributed by atoms with van der Waals surface area (Å²) in [6.07, 6.45) is 7.06. The van der Waals surface area contributed by atoms with Gasteiger partial charge in [0.25, 0.3) is 10.0 Å². The molecular weight excluding hydrogens is 724 g/mol. The molecule has 0 saturated carbocycles. The van der Waals surface area contributed by atoms with Crippen molar-refractivity contribution < 1.29 is 26.3 Å². The van der Waals surface area contributed by atoms with Crippen LogP contribution in [-0.2, 0) is 25.5 Å². The van der Waals surface area contributed by atoms with Gasteiger partial charge in [-0.15, -0.1) is 9.73 Å². The normalized spacial score (nSPS) is 13.4. The van der Waals surface area contributed by atoms with E-state index >= 15 is 0 Å². The molecule has 15 heteroatoms. The van der Waals surface area contributed by atoms with Crippen LogP contribution in [0, 0.1) is 12.3 Å². The van der Waals surface area contributed by atoms with Crippen molar-refractivity contribution in [2.75, 3.05) is 25.0 Å². The summed E-state index contributed by atoms with van der Waals surface area (Å²) in [6, 6.07) is 9.43. The third-order valence-electron chi connectivity index (χ3n) is 8.91. The Labute approximate surface area is 314 Å². The molecule has 12 nitrogen and oxygen atoms in total. The van der Waals surface area contributed by atoms with Gasteiger partial charge in [-0.1, -0.05) is 98.2 Å². The molecule has 2 aromatic carbocycles. The van der Waals surface area contributed by atoms with Crippen LogP contribution in [0.1, 0.15) is 116 Å². The minimum absolute atomic E-state index is 0.00424. The Morgan fingerprint density at radius 3 is 2.21 bits per heavy atom. The lowest BCUT2D eigenvalue weighted by Crippen LogP contribution is -2.29. The van der Waals surface area contributed by atoms with Crippen molar-refractivity contribution >= 4 is 43.0 Å². The van der Waals surface area contributed by atoms with Gasteiger partial charge in [0.15, 0.2) is 5.65 Å². The number of aromatic nitrogens is 4. The number of unbranched alkanes of at least 4 members (excludes halogenated alkanes) is 5. The zero-order chi connectivity index (χ0) is 38.5. The number of ether oxygens (including phenoxy) is 2. The number of nitrogens with one attached hydrogen (secondary N) is 3. The number of methoxy groups -OCH3 is 1. The number of benzene rings is 2. The van der Waals surface area contributed by atoms with Gasteiger partial charge in [-0.3, -0.25) is 4.72 Å². The van der Waals surface area contributed by atoms with E-state index in [1.165, 1.54) is 36.4 Å². The van der Waals surface area contributed by atoms with E-state index in [9.17, 15) is 16.8 Å². The van der Waals surface area contributed by atoms with Gasteiger partial charge in [-0.05, 0) is 66.5 Å². The van der Waals surface area contributed by atoms with E-state index in [2.05, 4.69) is 66.2 Å². The Kier molecular flexibility index (Phi) is 13.4. The van der Waals surface area contributed by atoms with Crippen LogP contribution in [0.2, 0.25) is 5.02 Å². The molecule has 288 valence electrons. The molecule has 0 bridgehead atoms. The maximum atomic E-state index is 14.0. The Hall–Kier alpha value is -3.33. The fraction of sp³-hybridized carbons (Fsp3) is 0.568. The van der Waals surface area contributed by atoms with Gasteiger partial charge in [0.2, 0.25) is 10.0 Å². The minimum Gasteiger partial charge on any atom is -0.495 e. The molecule has 0 aliphatic carbocycles. The molecule has 0 amide bonds. The molecule has 2 heterocycles. The highest BCUT2D eigenvalue weighted by atomic mass is 35.5. The van der Waals surface area contributed by atoms with Crippen LogP contribution in [0.3, 0.4) is 0 Å². The summed E-state index contributed by atoms with van der Waals surface area (Å²) < 4.78 is 73.9. The van der Waals surface area contributed by atoms with E-state index in [1.54, 1.807) is 19.1 Å². The number of halogens is 1. The molecule has 0 radical (unpaired) electrons. The van der Waals surface area contributed by atoms with E-state index < -0.39 is 20.0 Å². The van der Waals surface area contributed by atoms with E-state index in [0.29, 0.717) is 28.8 Å². The summed E-state index contributed by atoms with van der Waals surface area (Å²) in [4.78, 5) is 2.88. The van der Waals surface area contributed by atoms with Gasteiger partial charge in [0.1, 0.15) is 32.1 Å². The summed E-state index contributed by atoms with van der Waals surface area (Å²) >= 11 is 6.32. The van der Waals surface area contributed by atoms with Crippen molar-refractivity contribution in [3.63, 3.8) is 0 Å². The van der Waals surface area contributed by atoms with Gasteiger partial charge in [0.05, 0.1) is 25.1 Å². The molecule has 0 spiro atoms.